The lowest BCUT2D eigenvalue weighted by Gasteiger charge is -2.10. The van der Waals surface area contributed by atoms with Gasteiger partial charge in [-0.25, -0.2) is 8.42 Å². The van der Waals surface area contributed by atoms with E-state index in [2.05, 4.69) is 0 Å². The summed E-state index contributed by atoms with van der Waals surface area (Å²) in [6, 6.07) is 0. The first-order valence-corrected chi connectivity index (χ1v) is 5.53. The highest BCUT2D eigenvalue weighted by Gasteiger charge is 2.41. The Morgan fingerprint density at radius 2 is 1.92 bits per heavy atom. The van der Waals surface area contributed by atoms with Crippen LogP contribution in [0.2, 0.25) is 0 Å². The molecule has 1 aliphatic heterocycles. The molecule has 1 atom stereocenters. The molecule has 74 valence electrons. The molecule has 0 radical (unpaired) electrons. The van der Waals surface area contributed by atoms with Crippen molar-refractivity contribution in [3.8, 4) is 0 Å². The van der Waals surface area contributed by atoms with E-state index in [0.29, 0.717) is 0 Å². The number of carbonyl (C=O) groups is 2. The van der Waals surface area contributed by atoms with Crippen molar-refractivity contribution in [2.75, 3.05) is 0 Å². The molecule has 0 aromatic rings. The van der Waals surface area contributed by atoms with E-state index in [-0.39, 0.29) is 6.42 Å². The van der Waals surface area contributed by atoms with Crippen molar-refractivity contribution in [1.29, 1.82) is 0 Å². The molecule has 0 bridgehead atoms. The summed E-state index contributed by atoms with van der Waals surface area (Å²) in [6.45, 7) is 2.98. The topological polar surface area (TPSA) is 80.3 Å². The molecule has 0 saturated carbocycles. The highest BCUT2D eigenvalue weighted by molar-refractivity contribution is 7.93. The van der Waals surface area contributed by atoms with Gasteiger partial charge < -0.3 is 0 Å². The molecule has 1 saturated heterocycles. The quantitative estimate of drug-likeness (QED) is 0.600. The van der Waals surface area contributed by atoms with Crippen LogP contribution in [-0.4, -0.2) is 30.7 Å². The van der Waals surface area contributed by atoms with Crippen LogP contribution in [0.5, 0.6) is 0 Å². The second-order valence-electron chi connectivity index (χ2n) is 3.24. The van der Waals surface area contributed by atoms with Crippen molar-refractivity contribution in [2.24, 2.45) is 0 Å². The van der Waals surface area contributed by atoms with Gasteiger partial charge in [0, 0.05) is 0 Å². The second kappa shape index (κ2) is 3.10. The van der Waals surface area contributed by atoms with Gasteiger partial charge in [-0.3, -0.25) is 14.9 Å². The van der Waals surface area contributed by atoms with Crippen LogP contribution in [0.25, 0.3) is 0 Å². The number of nitrogens with one attached hydrogen (secondary N) is 1. The lowest BCUT2D eigenvalue weighted by atomic mass is 10.3. The summed E-state index contributed by atoms with van der Waals surface area (Å²) in [5, 5.41) is 0.160. The standard InChI is InChI=1S/C7H11NO4S/c1-4(2)13(11,12)5-3-6(9)8-7(5)10/h4-5H,3H2,1-2H3,(H,8,9,10). The highest BCUT2D eigenvalue weighted by Crippen LogP contribution is 2.16. The van der Waals surface area contributed by atoms with Crippen LogP contribution < -0.4 is 5.32 Å². The van der Waals surface area contributed by atoms with Crippen molar-refractivity contribution < 1.29 is 18.0 Å². The molecule has 5 nitrogen and oxygen atoms in total. The predicted octanol–water partition coefficient (Wildman–Crippen LogP) is -0.775. The molecule has 13 heavy (non-hydrogen) atoms. The number of imide groups is 1. The minimum Gasteiger partial charge on any atom is -0.295 e. The molecule has 0 aromatic carbocycles. The maximum atomic E-state index is 11.5. The fourth-order valence-electron chi connectivity index (χ4n) is 1.12. The zero-order valence-electron chi connectivity index (χ0n) is 7.40. The Morgan fingerprint density at radius 1 is 1.38 bits per heavy atom. The van der Waals surface area contributed by atoms with E-state index in [0.717, 1.165) is 0 Å². The van der Waals surface area contributed by atoms with Crippen LogP contribution in [-0.2, 0) is 19.4 Å². The summed E-state index contributed by atoms with van der Waals surface area (Å²) >= 11 is 0. The number of rotatable bonds is 2. The SMILES string of the molecule is CC(C)S(=O)(=O)C1CC(=O)NC1=O. The molecule has 1 unspecified atom stereocenters. The zero-order valence-corrected chi connectivity index (χ0v) is 8.22. The van der Waals surface area contributed by atoms with Crippen molar-refractivity contribution in [3.05, 3.63) is 0 Å². The highest BCUT2D eigenvalue weighted by atomic mass is 32.2. The number of amides is 2. The molecular weight excluding hydrogens is 194 g/mol. The summed E-state index contributed by atoms with van der Waals surface area (Å²) in [6.07, 6.45) is -0.237. The van der Waals surface area contributed by atoms with E-state index in [9.17, 15) is 18.0 Å². The van der Waals surface area contributed by atoms with Crippen molar-refractivity contribution in [3.63, 3.8) is 0 Å². The summed E-state index contributed by atoms with van der Waals surface area (Å²) in [5.41, 5.74) is 0. The molecule has 6 heteroatoms. The second-order valence-corrected chi connectivity index (χ2v) is 5.93. The fraction of sp³-hybridized carbons (Fsp3) is 0.714. The Labute approximate surface area is 76.4 Å². The molecule has 0 aromatic heterocycles. The Hall–Kier alpha value is -0.910. The van der Waals surface area contributed by atoms with E-state index in [1.165, 1.54) is 13.8 Å². The van der Waals surface area contributed by atoms with Crippen LogP contribution in [0.3, 0.4) is 0 Å². The van der Waals surface area contributed by atoms with E-state index in [1.54, 1.807) is 0 Å². The first-order chi connectivity index (χ1) is 5.85. The van der Waals surface area contributed by atoms with Gasteiger partial charge in [0.05, 0.1) is 11.7 Å². The van der Waals surface area contributed by atoms with Crippen molar-refractivity contribution in [2.45, 2.75) is 30.8 Å². The van der Waals surface area contributed by atoms with Crippen molar-refractivity contribution >= 4 is 21.7 Å². The van der Waals surface area contributed by atoms with Gasteiger partial charge in [-0.1, -0.05) is 0 Å². The molecule has 0 aliphatic carbocycles. The average Bonchev–Trinajstić information content (AvgIpc) is 2.30. The van der Waals surface area contributed by atoms with Crippen LogP contribution in [0, 0.1) is 0 Å². The maximum Gasteiger partial charge on any atom is 0.245 e. The fourth-order valence-corrected chi connectivity index (χ4v) is 2.52. The van der Waals surface area contributed by atoms with E-state index >= 15 is 0 Å². The van der Waals surface area contributed by atoms with Gasteiger partial charge in [-0.15, -0.1) is 0 Å². The molecule has 0 spiro atoms. The van der Waals surface area contributed by atoms with Gasteiger partial charge >= 0.3 is 0 Å². The monoisotopic (exact) mass is 205 g/mol. The molecule has 1 rings (SSSR count). The Balaban J connectivity index is 2.97. The summed E-state index contributed by atoms with van der Waals surface area (Å²) in [5.74, 6) is -1.21. The van der Waals surface area contributed by atoms with Crippen LogP contribution in [0.15, 0.2) is 0 Å². The number of sulfone groups is 1. The number of hydrogen-bond donors (Lipinski definition) is 1. The summed E-state index contributed by atoms with van der Waals surface area (Å²) < 4.78 is 23.0. The van der Waals surface area contributed by atoms with Crippen molar-refractivity contribution in [1.82, 2.24) is 5.32 Å². The Morgan fingerprint density at radius 3 is 2.23 bits per heavy atom. The normalized spacial score (nSPS) is 23.8. The van der Waals surface area contributed by atoms with Gasteiger partial charge in [-0.2, -0.15) is 0 Å². The van der Waals surface area contributed by atoms with E-state index in [1.807, 2.05) is 5.32 Å². The van der Waals surface area contributed by atoms with Gasteiger partial charge in [0.15, 0.2) is 9.84 Å². The minimum absolute atomic E-state index is 0.237. The summed E-state index contributed by atoms with van der Waals surface area (Å²) in [7, 11) is -3.49. The van der Waals surface area contributed by atoms with Crippen LogP contribution in [0.4, 0.5) is 0 Å². The lowest BCUT2D eigenvalue weighted by Crippen LogP contribution is -2.35. The first kappa shape index (κ1) is 10.2. The minimum atomic E-state index is -3.49. The zero-order chi connectivity index (χ0) is 10.2. The van der Waals surface area contributed by atoms with Gasteiger partial charge in [-0.05, 0) is 13.8 Å². The van der Waals surface area contributed by atoms with Crippen LogP contribution >= 0.6 is 0 Å². The molecule has 1 heterocycles. The molecular formula is C7H11NO4S. The summed E-state index contributed by atoms with van der Waals surface area (Å²) in [4.78, 5) is 21.8. The third-order valence-electron chi connectivity index (χ3n) is 1.98. The molecule has 1 N–H and O–H groups in total. The molecule has 1 fully saturated rings. The Bertz CT molecular complexity index is 344. The lowest BCUT2D eigenvalue weighted by molar-refractivity contribution is -0.124. The average molecular weight is 205 g/mol. The number of carbonyl (C=O) groups excluding carboxylic acids is 2. The van der Waals surface area contributed by atoms with E-state index < -0.39 is 32.2 Å². The first-order valence-electron chi connectivity index (χ1n) is 3.92. The van der Waals surface area contributed by atoms with Gasteiger partial charge in [0.25, 0.3) is 0 Å². The third kappa shape index (κ3) is 1.72. The van der Waals surface area contributed by atoms with Gasteiger partial charge in [0.1, 0.15) is 5.25 Å². The molecule has 1 aliphatic rings. The van der Waals surface area contributed by atoms with E-state index in [4.69, 9.17) is 0 Å². The smallest absolute Gasteiger partial charge is 0.245 e. The predicted molar refractivity (Wildman–Crippen MR) is 45.6 cm³/mol. The molecule has 2 amide bonds. The van der Waals surface area contributed by atoms with Gasteiger partial charge in [0.2, 0.25) is 11.8 Å². The maximum absolute atomic E-state index is 11.5. The van der Waals surface area contributed by atoms with Crippen LogP contribution in [0.1, 0.15) is 20.3 Å². The third-order valence-corrected chi connectivity index (χ3v) is 4.47. The Kier molecular flexibility index (Phi) is 2.42. The largest absolute Gasteiger partial charge is 0.295 e. The number of hydrogen-bond acceptors (Lipinski definition) is 4.